The van der Waals surface area contributed by atoms with Crippen molar-refractivity contribution >= 4 is 72.3 Å². The van der Waals surface area contributed by atoms with Crippen LogP contribution in [-0.2, 0) is 22.7 Å². The molecule has 0 aliphatic heterocycles. The molecule has 2 nitrogen and oxygen atoms in total. The maximum Gasteiger partial charge on any atom is 0.0716 e. The minimum atomic E-state index is 0.693. The third kappa shape index (κ3) is 18.8. The highest BCUT2D eigenvalue weighted by atomic mass is 32.2. The predicted molar refractivity (Wildman–Crippen MR) is 152 cm³/mol. The third-order valence-electron chi connectivity index (χ3n) is 3.90. The number of thioether (sulfide) groups is 4. The van der Waals surface area contributed by atoms with E-state index in [1.54, 1.807) is 0 Å². The van der Waals surface area contributed by atoms with Gasteiger partial charge in [0.05, 0.1) is 13.2 Å². The van der Waals surface area contributed by atoms with Crippen LogP contribution in [0.2, 0.25) is 0 Å². The van der Waals surface area contributed by atoms with Crippen molar-refractivity contribution < 1.29 is 9.47 Å². The second-order valence-electron chi connectivity index (χ2n) is 6.53. The minimum Gasteiger partial charge on any atom is -0.377 e. The molecule has 0 saturated heterocycles. The molecule has 1 aromatic carbocycles. The first kappa shape index (κ1) is 29.3. The van der Waals surface area contributed by atoms with Crippen LogP contribution in [0.15, 0.2) is 24.3 Å². The highest BCUT2D eigenvalue weighted by Gasteiger charge is 1.99. The zero-order chi connectivity index (χ0) is 21.5. The Morgan fingerprint density at radius 1 is 0.600 bits per heavy atom. The Kier molecular flexibility index (Phi) is 22.8. The molecule has 0 unspecified atom stereocenters. The van der Waals surface area contributed by atoms with Gasteiger partial charge in [-0.05, 0) is 47.0 Å². The summed E-state index contributed by atoms with van der Waals surface area (Å²) in [6, 6.07) is 8.59. The summed E-state index contributed by atoms with van der Waals surface area (Å²) in [5.41, 5.74) is 2.47. The Hall–Kier alpha value is 1.24. The standard InChI is InChI=1S/C22H38O2S6/c25-8-12-29-16-14-27-10-2-6-23-19-21-4-1-5-22(18-21)20-24-7-3-11-28-15-17-30-13-9-26/h1,4-5,18,25-26H,2-3,6-17,19-20H2. The quantitative estimate of drug-likeness (QED) is 0.136. The summed E-state index contributed by atoms with van der Waals surface area (Å²) in [5, 5.41) is 0. The van der Waals surface area contributed by atoms with Crippen molar-refractivity contribution in [1.82, 2.24) is 0 Å². The molecule has 0 aliphatic carbocycles. The van der Waals surface area contributed by atoms with Gasteiger partial charge in [0, 0.05) is 47.7 Å². The predicted octanol–water partition coefficient (Wildman–Crippen LogP) is 6.29. The summed E-state index contributed by atoms with van der Waals surface area (Å²) in [7, 11) is 0. The summed E-state index contributed by atoms with van der Waals surface area (Å²) >= 11 is 16.5. The Bertz CT molecular complexity index is 453. The number of rotatable bonds is 22. The van der Waals surface area contributed by atoms with E-state index in [9.17, 15) is 0 Å². The first-order chi connectivity index (χ1) is 14.9. The van der Waals surface area contributed by atoms with E-state index in [0.29, 0.717) is 13.2 Å². The van der Waals surface area contributed by atoms with Crippen molar-refractivity contribution in [3.63, 3.8) is 0 Å². The van der Waals surface area contributed by atoms with Gasteiger partial charge in [0.2, 0.25) is 0 Å². The fourth-order valence-corrected chi connectivity index (χ4v) is 6.87. The van der Waals surface area contributed by atoms with E-state index in [1.807, 2.05) is 47.0 Å². The van der Waals surface area contributed by atoms with Crippen LogP contribution in [0.25, 0.3) is 0 Å². The molecule has 0 radical (unpaired) electrons. The van der Waals surface area contributed by atoms with E-state index in [4.69, 9.17) is 9.47 Å². The van der Waals surface area contributed by atoms with Gasteiger partial charge < -0.3 is 9.47 Å². The van der Waals surface area contributed by atoms with Crippen molar-refractivity contribution in [2.75, 3.05) is 70.7 Å². The first-order valence-electron chi connectivity index (χ1n) is 10.6. The molecule has 0 heterocycles. The molecule has 174 valence electrons. The van der Waals surface area contributed by atoms with Gasteiger partial charge in [-0.25, -0.2) is 0 Å². The molecule has 0 aromatic heterocycles. The van der Waals surface area contributed by atoms with E-state index < -0.39 is 0 Å². The lowest BCUT2D eigenvalue weighted by molar-refractivity contribution is 0.118. The van der Waals surface area contributed by atoms with E-state index in [-0.39, 0.29) is 0 Å². The van der Waals surface area contributed by atoms with E-state index >= 15 is 0 Å². The number of ether oxygens (including phenoxy) is 2. The zero-order valence-electron chi connectivity index (χ0n) is 18.0. The van der Waals surface area contributed by atoms with Crippen molar-refractivity contribution in [2.45, 2.75) is 26.1 Å². The Morgan fingerprint density at radius 2 is 1.03 bits per heavy atom. The minimum absolute atomic E-state index is 0.693. The first-order valence-corrected chi connectivity index (χ1v) is 16.5. The van der Waals surface area contributed by atoms with E-state index in [0.717, 1.165) is 49.1 Å². The largest absolute Gasteiger partial charge is 0.377 e. The average Bonchev–Trinajstić information content (AvgIpc) is 2.76. The van der Waals surface area contributed by atoms with Crippen LogP contribution in [0.3, 0.4) is 0 Å². The van der Waals surface area contributed by atoms with Gasteiger partial charge in [0.25, 0.3) is 0 Å². The second-order valence-corrected chi connectivity index (χ2v) is 12.3. The monoisotopic (exact) mass is 526 g/mol. The summed E-state index contributed by atoms with van der Waals surface area (Å²) in [6.45, 7) is 3.06. The highest BCUT2D eigenvalue weighted by molar-refractivity contribution is 8.03. The van der Waals surface area contributed by atoms with Crippen LogP contribution in [-0.4, -0.2) is 70.7 Å². The molecule has 0 aliphatic rings. The normalized spacial score (nSPS) is 11.3. The fourth-order valence-electron chi connectivity index (χ4n) is 2.49. The lowest BCUT2D eigenvalue weighted by Crippen LogP contribution is -2.00. The van der Waals surface area contributed by atoms with Crippen LogP contribution in [0.4, 0.5) is 0 Å². The number of hydrogen-bond donors (Lipinski definition) is 2. The molecular formula is C22H38O2S6. The van der Waals surface area contributed by atoms with Gasteiger partial charge >= 0.3 is 0 Å². The molecule has 0 bridgehead atoms. The van der Waals surface area contributed by atoms with Crippen molar-refractivity contribution in [3.8, 4) is 0 Å². The Balaban J connectivity index is 1.97. The maximum absolute atomic E-state index is 5.85. The lowest BCUT2D eigenvalue weighted by atomic mass is 10.1. The smallest absolute Gasteiger partial charge is 0.0716 e. The zero-order valence-corrected chi connectivity index (χ0v) is 23.0. The van der Waals surface area contributed by atoms with Gasteiger partial charge in [0.15, 0.2) is 0 Å². The van der Waals surface area contributed by atoms with Crippen LogP contribution in [0.5, 0.6) is 0 Å². The average molecular weight is 527 g/mol. The summed E-state index contributed by atoms with van der Waals surface area (Å²) < 4.78 is 11.7. The molecule has 0 amide bonds. The van der Waals surface area contributed by atoms with E-state index in [2.05, 4.69) is 49.5 Å². The SMILES string of the molecule is SCCSCCSCCCOCc1cccc(COCCCSCCSCCS)c1. The Labute approximate surface area is 212 Å². The van der Waals surface area contributed by atoms with Gasteiger partial charge in [-0.1, -0.05) is 24.3 Å². The Morgan fingerprint density at radius 3 is 1.47 bits per heavy atom. The van der Waals surface area contributed by atoms with Crippen molar-refractivity contribution in [3.05, 3.63) is 35.4 Å². The molecule has 0 N–H and O–H groups in total. The fraction of sp³-hybridized carbons (Fsp3) is 0.727. The number of thiol groups is 2. The van der Waals surface area contributed by atoms with E-state index in [1.165, 1.54) is 45.6 Å². The van der Waals surface area contributed by atoms with Crippen LogP contribution < -0.4 is 0 Å². The van der Waals surface area contributed by atoms with Crippen LogP contribution in [0, 0.1) is 0 Å². The molecule has 30 heavy (non-hydrogen) atoms. The molecule has 8 heteroatoms. The van der Waals surface area contributed by atoms with Crippen molar-refractivity contribution in [1.29, 1.82) is 0 Å². The summed E-state index contributed by atoms with van der Waals surface area (Å²) in [4.78, 5) is 0. The molecule has 0 atom stereocenters. The molecule has 0 saturated carbocycles. The topological polar surface area (TPSA) is 18.5 Å². The van der Waals surface area contributed by atoms with Crippen molar-refractivity contribution in [2.24, 2.45) is 0 Å². The van der Waals surface area contributed by atoms with Gasteiger partial charge in [-0.15, -0.1) is 0 Å². The second kappa shape index (κ2) is 23.4. The molecule has 1 aromatic rings. The lowest BCUT2D eigenvalue weighted by Gasteiger charge is -2.08. The van der Waals surface area contributed by atoms with Gasteiger partial charge in [-0.3, -0.25) is 0 Å². The van der Waals surface area contributed by atoms with Crippen LogP contribution in [0.1, 0.15) is 24.0 Å². The highest BCUT2D eigenvalue weighted by Crippen LogP contribution is 2.12. The summed E-state index contributed by atoms with van der Waals surface area (Å²) in [5.74, 6) is 11.6. The summed E-state index contributed by atoms with van der Waals surface area (Å²) in [6.07, 6.45) is 2.24. The van der Waals surface area contributed by atoms with Crippen LogP contribution >= 0.6 is 72.3 Å². The maximum atomic E-state index is 5.85. The molecule has 0 fully saturated rings. The van der Waals surface area contributed by atoms with Gasteiger partial charge in [-0.2, -0.15) is 72.3 Å². The molecule has 1 rings (SSSR count). The molecular weight excluding hydrogens is 489 g/mol. The number of benzene rings is 1. The van der Waals surface area contributed by atoms with Gasteiger partial charge in [0.1, 0.15) is 0 Å². The molecule has 0 spiro atoms. The third-order valence-corrected chi connectivity index (χ3v) is 9.58. The number of hydrogen-bond acceptors (Lipinski definition) is 8.